The minimum absolute atomic E-state index is 0. The first-order chi connectivity index (χ1) is 4.88. The van der Waals surface area contributed by atoms with Gasteiger partial charge in [0, 0.05) is 13.1 Å². The van der Waals surface area contributed by atoms with Gasteiger partial charge in [-0.1, -0.05) is 0 Å². The highest BCUT2D eigenvalue weighted by Crippen LogP contribution is 2.11. The molecule has 4 nitrogen and oxygen atoms in total. The second kappa shape index (κ2) is 3.28. The summed E-state index contributed by atoms with van der Waals surface area (Å²) in [7, 11) is 0. The fraction of sp³-hybridized carbons (Fsp3) is 0.833. The Morgan fingerprint density at radius 2 is 2.27 bits per heavy atom. The first-order valence-electron chi connectivity index (χ1n) is 3.52. The molecule has 0 aliphatic carbocycles. The van der Waals surface area contributed by atoms with Crippen molar-refractivity contribution in [1.82, 2.24) is 10.2 Å². The highest BCUT2D eigenvalue weighted by atomic mass is 35.5. The first kappa shape index (κ1) is 8.62. The number of nitrogens with zero attached hydrogens (tertiary/aromatic N) is 1. The van der Waals surface area contributed by atoms with Crippen LogP contribution < -0.4 is 5.32 Å². The Morgan fingerprint density at radius 1 is 1.55 bits per heavy atom. The van der Waals surface area contributed by atoms with Crippen LogP contribution in [0.25, 0.3) is 0 Å². The van der Waals surface area contributed by atoms with Crippen LogP contribution >= 0.6 is 12.4 Å². The molecular formula is C6H11ClN2O2. The lowest BCUT2D eigenvalue weighted by atomic mass is 10.1. The molecule has 5 heteroatoms. The van der Waals surface area contributed by atoms with Crippen LogP contribution in [-0.4, -0.2) is 43.3 Å². The molecule has 2 rings (SSSR count). The lowest BCUT2D eigenvalue weighted by Crippen LogP contribution is -2.57. The molecule has 0 bridgehead atoms. The number of rotatable bonds is 1. The third-order valence-corrected chi connectivity index (χ3v) is 1.99. The number of carbonyl (C=O) groups excluding carboxylic acids is 1. The normalized spacial score (nSPS) is 24.0. The van der Waals surface area contributed by atoms with Crippen LogP contribution in [0.2, 0.25) is 0 Å². The Kier molecular flexibility index (Phi) is 2.57. The largest absolute Gasteiger partial charge is 0.448 e. The lowest BCUT2D eigenvalue weighted by Gasteiger charge is -2.33. The summed E-state index contributed by atoms with van der Waals surface area (Å²) in [6.45, 7) is 3.19. The molecule has 0 unspecified atom stereocenters. The molecule has 2 aliphatic rings. The maximum atomic E-state index is 10.9. The van der Waals surface area contributed by atoms with Gasteiger partial charge in [0.2, 0.25) is 0 Å². The molecule has 0 radical (unpaired) electrons. The van der Waals surface area contributed by atoms with Gasteiger partial charge in [-0.25, -0.2) is 4.79 Å². The Labute approximate surface area is 71.3 Å². The lowest BCUT2D eigenvalue weighted by molar-refractivity contribution is 0.135. The number of halogens is 1. The summed E-state index contributed by atoms with van der Waals surface area (Å²) in [5.74, 6) is 0. The summed E-state index contributed by atoms with van der Waals surface area (Å²) in [6.07, 6.45) is -0.147. The van der Waals surface area contributed by atoms with Gasteiger partial charge in [-0.15, -0.1) is 12.4 Å². The van der Waals surface area contributed by atoms with Gasteiger partial charge < -0.3 is 10.1 Å². The van der Waals surface area contributed by atoms with Crippen LogP contribution in [0.15, 0.2) is 0 Å². The monoisotopic (exact) mass is 178 g/mol. The van der Waals surface area contributed by atoms with E-state index in [1.807, 2.05) is 0 Å². The minimum Gasteiger partial charge on any atom is -0.448 e. The topological polar surface area (TPSA) is 41.6 Å². The van der Waals surface area contributed by atoms with E-state index in [0.717, 1.165) is 19.6 Å². The van der Waals surface area contributed by atoms with Gasteiger partial charge in [-0.3, -0.25) is 4.90 Å². The van der Waals surface area contributed by atoms with Gasteiger partial charge in [0.05, 0.1) is 12.6 Å². The highest BCUT2D eigenvalue weighted by Gasteiger charge is 2.32. The molecule has 2 fully saturated rings. The number of carbonyl (C=O) groups is 1. The third-order valence-electron chi connectivity index (χ3n) is 1.99. The van der Waals surface area contributed by atoms with E-state index in [9.17, 15) is 4.79 Å². The molecule has 0 atom stereocenters. The number of nitrogens with one attached hydrogen (secondary N) is 1. The molecule has 0 aromatic rings. The van der Waals surface area contributed by atoms with E-state index >= 15 is 0 Å². The zero-order valence-electron chi connectivity index (χ0n) is 6.08. The summed E-state index contributed by atoms with van der Waals surface area (Å²) < 4.78 is 4.78. The van der Waals surface area contributed by atoms with Crippen LogP contribution in [0.4, 0.5) is 4.79 Å². The van der Waals surface area contributed by atoms with Gasteiger partial charge in [-0.2, -0.15) is 0 Å². The van der Waals surface area contributed by atoms with Crippen molar-refractivity contribution in [1.29, 1.82) is 0 Å². The predicted molar refractivity (Wildman–Crippen MR) is 42.0 cm³/mol. The maximum absolute atomic E-state index is 10.9. The van der Waals surface area contributed by atoms with Crippen molar-refractivity contribution >= 4 is 18.5 Å². The molecule has 0 aromatic carbocycles. The standard InChI is InChI=1S/C6H10N2O2.ClH/c9-6-8(1-2-10-6)5-3-7-4-5;/h5,7H,1-4H2;1H. The van der Waals surface area contributed by atoms with E-state index < -0.39 is 0 Å². The van der Waals surface area contributed by atoms with Crippen molar-refractivity contribution in [2.45, 2.75) is 6.04 Å². The van der Waals surface area contributed by atoms with E-state index in [1.54, 1.807) is 4.90 Å². The smallest absolute Gasteiger partial charge is 0.410 e. The van der Waals surface area contributed by atoms with E-state index in [0.29, 0.717) is 12.6 Å². The summed E-state index contributed by atoms with van der Waals surface area (Å²) in [5.41, 5.74) is 0. The Morgan fingerprint density at radius 3 is 2.64 bits per heavy atom. The van der Waals surface area contributed by atoms with E-state index in [1.165, 1.54) is 0 Å². The van der Waals surface area contributed by atoms with Gasteiger partial charge in [0.15, 0.2) is 0 Å². The molecule has 1 N–H and O–H groups in total. The Bertz CT molecular complexity index is 161. The number of ether oxygens (including phenoxy) is 1. The van der Waals surface area contributed by atoms with Gasteiger partial charge in [0.1, 0.15) is 6.61 Å². The SMILES string of the molecule is Cl.O=C1OCCN1C1CNC1. The molecule has 11 heavy (non-hydrogen) atoms. The fourth-order valence-corrected chi connectivity index (χ4v) is 1.23. The summed E-state index contributed by atoms with van der Waals surface area (Å²) in [6, 6.07) is 0.398. The van der Waals surface area contributed by atoms with Gasteiger partial charge in [0.25, 0.3) is 0 Å². The molecule has 2 aliphatic heterocycles. The van der Waals surface area contributed by atoms with Crippen LogP contribution in [0, 0.1) is 0 Å². The van der Waals surface area contributed by atoms with E-state index in [2.05, 4.69) is 5.32 Å². The summed E-state index contributed by atoms with van der Waals surface area (Å²) in [5, 5.41) is 3.11. The molecule has 1 amide bonds. The third kappa shape index (κ3) is 1.41. The van der Waals surface area contributed by atoms with Crippen LogP contribution in [0.5, 0.6) is 0 Å². The molecule has 2 saturated heterocycles. The van der Waals surface area contributed by atoms with Crippen molar-refractivity contribution in [3.63, 3.8) is 0 Å². The van der Waals surface area contributed by atoms with Crippen molar-refractivity contribution in [2.24, 2.45) is 0 Å². The van der Waals surface area contributed by atoms with Crippen molar-refractivity contribution in [2.75, 3.05) is 26.2 Å². The summed E-state index contributed by atoms with van der Waals surface area (Å²) >= 11 is 0. The van der Waals surface area contributed by atoms with Crippen LogP contribution in [0.3, 0.4) is 0 Å². The van der Waals surface area contributed by atoms with E-state index in [-0.39, 0.29) is 18.5 Å². The summed E-state index contributed by atoms with van der Waals surface area (Å²) in [4.78, 5) is 12.7. The fourth-order valence-electron chi connectivity index (χ4n) is 1.23. The second-order valence-electron chi connectivity index (χ2n) is 2.62. The molecule has 2 heterocycles. The molecule has 64 valence electrons. The van der Waals surface area contributed by atoms with Gasteiger partial charge >= 0.3 is 6.09 Å². The van der Waals surface area contributed by atoms with Crippen molar-refractivity contribution < 1.29 is 9.53 Å². The Balaban J connectivity index is 0.000000605. The quantitative estimate of drug-likeness (QED) is 0.607. The first-order valence-corrected chi connectivity index (χ1v) is 3.52. The number of cyclic esters (lactones) is 1. The van der Waals surface area contributed by atoms with Crippen LogP contribution in [-0.2, 0) is 4.74 Å². The molecular weight excluding hydrogens is 168 g/mol. The van der Waals surface area contributed by atoms with Crippen molar-refractivity contribution in [3.05, 3.63) is 0 Å². The number of amides is 1. The van der Waals surface area contributed by atoms with Crippen molar-refractivity contribution in [3.8, 4) is 0 Å². The highest BCUT2D eigenvalue weighted by molar-refractivity contribution is 5.85. The Hall–Kier alpha value is -0.480. The molecule has 0 spiro atoms. The zero-order chi connectivity index (χ0) is 6.97. The number of hydrogen-bond acceptors (Lipinski definition) is 3. The molecule has 0 saturated carbocycles. The number of hydrogen-bond donors (Lipinski definition) is 1. The van der Waals surface area contributed by atoms with E-state index in [4.69, 9.17) is 4.74 Å². The molecule has 0 aromatic heterocycles. The minimum atomic E-state index is -0.147. The predicted octanol–water partition coefficient (Wildman–Crippen LogP) is -0.168. The van der Waals surface area contributed by atoms with Crippen LogP contribution in [0.1, 0.15) is 0 Å². The van der Waals surface area contributed by atoms with Gasteiger partial charge in [-0.05, 0) is 0 Å². The zero-order valence-corrected chi connectivity index (χ0v) is 6.89. The average Bonchev–Trinajstić information content (AvgIpc) is 2.12. The second-order valence-corrected chi connectivity index (χ2v) is 2.62. The average molecular weight is 179 g/mol. The maximum Gasteiger partial charge on any atom is 0.410 e.